The number of carbonyl (C=O) groups excluding carboxylic acids is 1. The number of amides is 1. The number of nitrogens with zero attached hydrogens (tertiary/aromatic N) is 1. The van der Waals surface area contributed by atoms with Crippen LogP contribution in [0.25, 0.3) is 0 Å². The van der Waals surface area contributed by atoms with E-state index in [9.17, 15) is 4.79 Å². The fourth-order valence-electron chi connectivity index (χ4n) is 1.76. The van der Waals surface area contributed by atoms with Gasteiger partial charge in [0, 0.05) is 5.02 Å². The predicted octanol–water partition coefficient (Wildman–Crippen LogP) is 3.34. The van der Waals surface area contributed by atoms with Crippen LogP contribution < -0.4 is 5.43 Å². The average molecular weight is 287 g/mol. The van der Waals surface area contributed by atoms with Crippen LogP contribution in [0.15, 0.2) is 53.6 Å². The van der Waals surface area contributed by atoms with Crippen molar-refractivity contribution >= 4 is 23.7 Å². The van der Waals surface area contributed by atoms with Crippen molar-refractivity contribution in [1.29, 1.82) is 0 Å². The van der Waals surface area contributed by atoms with E-state index in [-0.39, 0.29) is 12.3 Å². The number of aryl methyl sites for hydroxylation is 1. The highest BCUT2D eigenvalue weighted by Gasteiger charge is 2.01. The van der Waals surface area contributed by atoms with E-state index in [1.54, 1.807) is 18.3 Å². The zero-order valence-corrected chi connectivity index (χ0v) is 11.9. The van der Waals surface area contributed by atoms with Crippen molar-refractivity contribution in [2.24, 2.45) is 5.10 Å². The van der Waals surface area contributed by atoms with Crippen molar-refractivity contribution in [3.05, 3.63) is 70.2 Å². The van der Waals surface area contributed by atoms with E-state index in [1.807, 2.05) is 43.3 Å². The van der Waals surface area contributed by atoms with Gasteiger partial charge in [-0.3, -0.25) is 4.79 Å². The Hall–Kier alpha value is -2.13. The van der Waals surface area contributed by atoms with Gasteiger partial charge in [0.1, 0.15) is 0 Å². The molecule has 0 bridgehead atoms. The molecule has 0 spiro atoms. The second-order valence-corrected chi connectivity index (χ2v) is 4.95. The zero-order valence-electron chi connectivity index (χ0n) is 11.1. The maximum Gasteiger partial charge on any atom is 0.244 e. The number of hydrazone groups is 1. The van der Waals surface area contributed by atoms with E-state index in [2.05, 4.69) is 10.5 Å². The molecule has 0 heterocycles. The van der Waals surface area contributed by atoms with Crippen molar-refractivity contribution in [2.75, 3.05) is 0 Å². The summed E-state index contributed by atoms with van der Waals surface area (Å²) in [7, 11) is 0. The molecule has 3 nitrogen and oxygen atoms in total. The number of rotatable bonds is 4. The largest absolute Gasteiger partial charge is 0.273 e. The van der Waals surface area contributed by atoms with Crippen LogP contribution in [-0.4, -0.2) is 12.1 Å². The molecule has 0 aliphatic rings. The fraction of sp³-hybridized carbons (Fsp3) is 0.125. The summed E-state index contributed by atoms with van der Waals surface area (Å²) < 4.78 is 0. The molecule has 1 N–H and O–H groups in total. The van der Waals surface area contributed by atoms with Crippen molar-refractivity contribution < 1.29 is 4.79 Å². The van der Waals surface area contributed by atoms with Gasteiger partial charge in [0.15, 0.2) is 0 Å². The lowest BCUT2D eigenvalue weighted by atomic mass is 10.1. The van der Waals surface area contributed by atoms with Crippen molar-refractivity contribution in [3.63, 3.8) is 0 Å². The van der Waals surface area contributed by atoms with Gasteiger partial charge in [0.05, 0.1) is 12.6 Å². The van der Waals surface area contributed by atoms with Crippen molar-refractivity contribution in [3.8, 4) is 0 Å². The second kappa shape index (κ2) is 6.87. The molecule has 0 fully saturated rings. The van der Waals surface area contributed by atoms with Crippen LogP contribution in [0.1, 0.15) is 16.7 Å². The quantitative estimate of drug-likeness (QED) is 0.680. The zero-order chi connectivity index (χ0) is 14.4. The summed E-state index contributed by atoms with van der Waals surface area (Å²) in [6, 6.07) is 15.1. The normalized spacial score (nSPS) is 10.7. The lowest BCUT2D eigenvalue weighted by Gasteiger charge is -2.01. The van der Waals surface area contributed by atoms with Crippen LogP contribution in [-0.2, 0) is 11.2 Å². The van der Waals surface area contributed by atoms with Crippen LogP contribution in [0.5, 0.6) is 0 Å². The molecule has 20 heavy (non-hydrogen) atoms. The molecule has 2 aromatic rings. The molecule has 2 rings (SSSR count). The summed E-state index contributed by atoms with van der Waals surface area (Å²) in [6.45, 7) is 2.01. The molecule has 4 heteroatoms. The Morgan fingerprint density at radius 2 is 2.00 bits per heavy atom. The Labute approximate surface area is 123 Å². The molecule has 0 saturated carbocycles. The molecule has 0 aromatic heterocycles. The smallest absolute Gasteiger partial charge is 0.244 e. The van der Waals surface area contributed by atoms with Crippen LogP contribution in [0.4, 0.5) is 0 Å². The molecule has 102 valence electrons. The molecule has 0 aliphatic heterocycles. The van der Waals surface area contributed by atoms with Gasteiger partial charge in [-0.2, -0.15) is 5.10 Å². The Morgan fingerprint density at radius 3 is 2.70 bits per heavy atom. The number of nitrogens with one attached hydrogen (secondary N) is 1. The van der Waals surface area contributed by atoms with E-state index < -0.39 is 0 Å². The summed E-state index contributed by atoms with van der Waals surface area (Å²) >= 11 is 5.79. The molecule has 2 aromatic carbocycles. The van der Waals surface area contributed by atoms with Crippen molar-refractivity contribution in [2.45, 2.75) is 13.3 Å². The number of hydrogen-bond donors (Lipinski definition) is 1. The van der Waals surface area contributed by atoms with Gasteiger partial charge in [0.2, 0.25) is 5.91 Å². The monoisotopic (exact) mass is 286 g/mol. The summed E-state index contributed by atoms with van der Waals surface area (Å²) in [5.41, 5.74) is 5.52. The lowest BCUT2D eigenvalue weighted by Crippen LogP contribution is -2.19. The Morgan fingerprint density at radius 1 is 1.25 bits per heavy atom. The fourth-order valence-corrected chi connectivity index (χ4v) is 1.88. The Balaban J connectivity index is 1.87. The van der Waals surface area contributed by atoms with Crippen LogP contribution in [0, 0.1) is 6.92 Å². The SMILES string of the molecule is Cc1cccc(C=NNC(=O)Cc2ccc(Cl)cc2)c1. The minimum absolute atomic E-state index is 0.156. The van der Waals surface area contributed by atoms with Crippen LogP contribution >= 0.6 is 11.6 Å². The molecule has 0 aliphatic carbocycles. The van der Waals surface area contributed by atoms with E-state index in [1.165, 1.54) is 0 Å². The van der Waals surface area contributed by atoms with Gasteiger partial charge in [-0.15, -0.1) is 0 Å². The summed E-state index contributed by atoms with van der Waals surface area (Å²) in [4.78, 5) is 11.7. The number of halogens is 1. The molecular weight excluding hydrogens is 272 g/mol. The van der Waals surface area contributed by atoms with Gasteiger partial charge < -0.3 is 0 Å². The van der Waals surface area contributed by atoms with E-state index in [4.69, 9.17) is 11.6 Å². The first-order chi connectivity index (χ1) is 9.63. The standard InChI is InChI=1S/C16H15ClN2O/c1-12-3-2-4-14(9-12)11-18-19-16(20)10-13-5-7-15(17)8-6-13/h2-9,11H,10H2,1H3,(H,19,20). The van der Waals surface area contributed by atoms with Crippen molar-refractivity contribution in [1.82, 2.24) is 5.43 Å². The summed E-state index contributed by atoms with van der Waals surface area (Å²) in [5.74, 6) is -0.156. The molecule has 0 atom stereocenters. The first-order valence-electron chi connectivity index (χ1n) is 6.26. The maximum atomic E-state index is 11.7. The van der Waals surface area contributed by atoms with Crippen LogP contribution in [0.2, 0.25) is 5.02 Å². The number of carbonyl (C=O) groups is 1. The Kier molecular flexibility index (Phi) is 4.91. The van der Waals surface area contributed by atoms with Gasteiger partial charge in [0.25, 0.3) is 0 Å². The minimum atomic E-state index is -0.156. The average Bonchev–Trinajstić information content (AvgIpc) is 2.41. The maximum absolute atomic E-state index is 11.7. The van der Waals surface area contributed by atoms with E-state index in [0.29, 0.717) is 5.02 Å². The highest BCUT2D eigenvalue weighted by Crippen LogP contribution is 2.09. The number of hydrogen-bond acceptors (Lipinski definition) is 2. The molecule has 0 unspecified atom stereocenters. The third-order valence-electron chi connectivity index (χ3n) is 2.72. The molecule has 1 amide bonds. The lowest BCUT2D eigenvalue weighted by molar-refractivity contribution is -0.120. The molecule has 0 saturated heterocycles. The van der Waals surface area contributed by atoms with Gasteiger partial charge in [-0.1, -0.05) is 53.6 Å². The van der Waals surface area contributed by atoms with Gasteiger partial charge >= 0.3 is 0 Å². The highest BCUT2D eigenvalue weighted by atomic mass is 35.5. The van der Waals surface area contributed by atoms with Crippen LogP contribution in [0.3, 0.4) is 0 Å². The van der Waals surface area contributed by atoms with E-state index in [0.717, 1.165) is 16.7 Å². The second-order valence-electron chi connectivity index (χ2n) is 4.51. The summed E-state index contributed by atoms with van der Waals surface area (Å²) in [6.07, 6.45) is 1.91. The first kappa shape index (κ1) is 14.3. The molecular formula is C16H15ClN2O. The topological polar surface area (TPSA) is 41.5 Å². The third kappa shape index (κ3) is 4.52. The predicted molar refractivity (Wildman–Crippen MR) is 82.1 cm³/mol. The summed E-state index contributed by atoms with van der Waals surface area (Å²) in [5, 5.41) is 4.60. The first-order valence-corrected chi connectivity index (χ1v) is 6.64. The third-order valence-corrected chi connectivity index (χ3v) is 2.97. The van der Waals surface area contributed by atoms with Gasteiger partial charge in [-0.05, 0) is 30.2 Å². The minimum Gasteiger partial charge on any atom is -0.273 e. The number of benzene rings is 2. The highest BCUT2D eigenvalue weighted by molar-refractivity contribution is 6.30. The van der Waals surface area contributed by atoms with E-state index >= 15 is 0 Å². The van der Waals surface area contributed by atoms with Gasteiger partial charge in [-0.25, -0.2) is 5.43 Å². The Bertz CT molecular complexity index is 621. The molecule has 0 radical (unpaired) electrons.